The second-order valence-electron chi connectivity index (χ2n) is 7.18. The van der Waals surface area contributed by atoms with Crippen molar-refractivity contribution in [3.63, 3.8) is 0 Å². The van der Waals surface area contributed by atoms with Gasteiger partial charge in [0.15, 0.2) is 5.78 Å². The van der Waals surface area contributed by atoms with E-state index >= 15 is 0 Å². The molecule has 0 fully saturated rings. The van der Waals surface area contributed by atoms with Crippen LogP contribution in [0.5, 0.6) is 0 Å². The van der Waals surface area contributed by atoms with Crippen LogP contribution in [0.2, 0.25) is 0 Å². The minimum absolute atomic E-state index is 0.0400. The summed E-state index contributed by atoms with van der Waals surface area (Å²) < 4.78 is 11.8. The molecule has 3 aromatic rings. The molecule has 1 aromatic carbocycles. The van der Waals surface area contributed by atoms with E-state index in [0.717, 1.165) is 28.5 Å². The Morgan fingerprint density at radius 2 is 1.83 bits per heavy atom. The van der Waals surface area contributed by atoms with Crippen molar-refractivity contribution >= 4 is 11.8 Å². The van der Waals surface area contributed by atoms with Gasteiger partial charge in [0.1, 0.15) is 5.76 Å². The molecule has 0 aliphatic carbocycles. The molecule has 2 heterocycles. The number of carbonyl (C=O) groups excluding carboxylic acids is 2. The van der Waals surface area contributed by atoms with Gasteiger partial charge in [0.05, 0.1) is 24.9 Å². The fourth-order valence-electron chi connectivity index (χ4n) is 3.46. The summed E-state index contributed by atoms with van der Waals surface area (Å²) in [7, 11) is 3.24. The maximum absolute atomic E-state index is 12.9. The van der Waals surface area contributed by atoms with E-state index in [-0.39, 0.29) is 18.3 Å². The molecule has 7 heteroatoms. The van der Waals surface area contributed by atoms with Crippen molar-refractivity contribution in [3.8, 4) is 5.69 Å². The number of ketones is 1. The highest BCUT2D eigenvalue weighted by atomic mass is 16.5. The first kappa shape index (κ1) is 20.5. The average Bonchev–Trinajstić information content (AvgIpc) is 3.23. The molecule has 0 aliphatic heterocycles. The number of nitrogens with zero attached hydrogens (tertiary/aromatic N) is 3. The van der Waals surface area contributed by atoms with Gasteiger partial charge in [-0.15, -0.1) is 0 Å². The lowest BCUT2D eigenvalue weighted by molar-refractivity contribution is 0.0600. The van der Waals surface area contributed by atoms with E-state index < -0.39 is 0 Å². The molecule has 0 amide bonds. The number of carbonyl (C=O) groups is 2. The number of methoxy groups -OCH3 is 1. The topological polar surface area (TPSA) is 77.6 Å². The van der Waals surface area contributed by atoms with Crippen molar-refractivity contribution in [1.29, 1.82) is 0 Å². The van der Waals surface area contributed by atoms with Gasteiger partial charge in [-0.25, -0.2) is 4.79 Å². The SMILES string of the molecule is COC(=O)c1ccc(-n2c(C)cc(C(=O)CN(C)Cc3cc(C)on3)c2C)cc1. The Bertz CT molecular complexity index is 1030. The van der Waals surface area contributed by atoms with Crippen molar-refractivity contribution in [2.45, 2.75) is 27.3 Å². The fourth-order valence-corrected chi connectivity index (χ4v) is 3.46. The first-order valence-corrected chi connectivity index (χ1v) is 9.31. The molecule has 0 N–H and O–H groups in total. The predicted molar refractivity (Wildman–Crippen MR) is 108 cm³/mol. The second-order valence-corrected chi connectivity index (χ2v) is 7.18. The van der Waals surface area contributed by atoms with E-state index in [9.17, 15) is 9.59 Å². The van der Waals surface area contributed by atoms with Gasteiger partial charge in [-0.3, -0.25) is 9.69 Å². The van der Waals surface area contributed by atoms with Crippen LogP contribution < -0.4 is 0 Å². The number of aryl methyl sites for hydroxylation is 2. The number of hydrogen-bond acceptors (Lipinski definition) is 6. The molecule has 0 unspecified atom stereocenters. The van der Waals surface area contributed by atoms with Gasteiger partial charge < -0.3 is 13.8 Å². The Balaban J connectivity index is 1.77. The fraction of sp³-hybridized carbons (Fsp3) is 0.318. The molecule has 2 aromatic heterocycles. The number of rotatable bonds is 7. The van der Waals surface area contributed by atoms with Crippen molar-refractivity contribution in [1.82, 2.24) is 14.6 Å². The van der Waals surface area contributed by atoms with E-state index in [1.54, 1.807) is 12.1 Å². The minimum Gasteiger partial charge on any atom is -0.465 e. The Hall–Kier alpha value is -3.19. The van der Waals surface area contributed by atoms with E-state index in [4.69, 9.17) is 9.26 Å². The van der Waals surface area contributed by atoms with Gasteiger partial charge in [0.25, 0.3) is 0 Å². The summed E-state index contributed by atoms with van der Waals surface area (Å²) in [6.07, 6.45) is 0. The van der Waals surface area contributed by atoms with E-state index in [1.165, 1.54) is 7.11 Å². The van der Waals surface area contributed by atoms with Gasteiger partial charge in [-0.2, -0.15) is 0 Å². The Morgan fingerprint density at radius 3 is 2.41 bits per heavy atom. The Morgan fingerprint density at radius 1 is 1.14 bits per heavy atom. The number of aromatic nitrogens is 2. The van der Waals surface area contributed by atoms with Crippen molar-refractivity contribution in [3.05, 3.63) is 70.4 Å². The first-order valence-electron chi connectivity index (χ1n) is 9.31. The number of hydrogen-bond donors (Lipinski definition) is 0. The smallest absolute Gasteiger partial charge is 0.337 e. The number of Topliss-reactive ketones (excluding diaryl/α,β-unsaturated/α-hetero) is 1. The van der Waals surface area contributed by atoms with Crippen LogP contribution in [0.1, 0.15) is 43.6 Å². The minimum atomic E-state index is -0.376. The predicted octanol–water partition coefficient (Wildman–Crippen LogP) is 3.49. The molecule has 0 saturated carbocycles. The third-order valence-corrected chi connectivity index (χ3v) is 4.80. The Kier molecular flexibility index (Phi) is 5.98. The molecule has 0 bridgehead atoms. The second kappa shape index (κ2) is 8.45. The molecule has 0 atom stereocenters. The van der Waals surface area contributed by atoms with Crippen LogP contribution in [0.25, 0.3) is 5.69 Å². The van der Waals surface area contributed by atoms with Gasteiger partial charge in [0.2, 0.25) is 0 Å². The van der Waals surface area contributed by atoms with Crippen molar-refractivity contribution in [2.24, 2.45) is 0 Å². The average molecular weight is 395 g/mol. The molecule has 7 nitrogen and oxygen atoms in total. The normalized spacial score (nSPS) is 11.1. The third kappa shape index (κ3) is 4.46. The van der Waals surface area contributed by atoms with Crippen LogP contribution in [-0.2, 0) is 11.3 Å². The third-order valence-electron chi connectivity index (χ3n) is 4.80. The van der Waals surface area contributed by atoms with E-state index in [0.29, 0.717) is 17.7 Å². The Labute approximate surface area is 169 Å². The quantitative estimate of drug-likeness (QED) is 0.450. The van der Waals surface area contributed by atoms with Crippen LogP contribution in [0.4, 0.5) is 0 Å². The van der Waals surface area contributed by atoms with Crippen LogP contribution >= 0.6 is 0 Å². The summed E-state index contributed by atoms with van der Waals surface area (Å²) in [4.78, 5) is 26.4. The zero-order valence-corrected chi connectivity index (χ0v) is 17.4. The molecular weight excluding hydrogens is 370 g/mol. The molecule has 0 radical (unpaired) electrons. The highest BCUT2D eigenvalue weighted by Crippen LogP contribution is 2.22. The van der Waals surface area contributed by atoms with Gasteiger partial charge in [0, 0.05) is 35.2 Å². The lowest BCUT2D eigenvalue weighted by atomic mass is 10.1. The van der Waals surface area contributed by atoms with Gasteiger partial charge in [-0.1, -0.05) is 5.16 Å². The summed E-state index contributed by atoms with van der Waals surface area (Å²) >= 11 is 0. The van der Waals surface area contributed by atoms with E-state index in [1.807, 2.05) is 61.6 Å². The molecule has 29 heavy (non-hydrogen) atoms. The van der Waals surface area contributed by atoms with Crippen LogP contribution in [0.15, 0.2) is 40.9 Å². The highest BCUT2D eigenvalue weighted by Gasteiger charge is 2.19. The van der Waals surface area contributed by atoms with Crippen LogP contribution in [0, 0.1) is 20.8 Å². The summed E-state index contributed by atoms with van der Waals surface area (Å²) in [6.45, 7) is 6.54. The zero-order valence-electron chi connectivity index (χ0n) is 17.4. The van der Waals surface area contributed by atoms with Gasteiger partial charge >= 0.3 is 5.97 Å². The molecule has 0 saturated heterocycles. The van der Waals surface area contributed by atoms with Crippen molar-refractivity contribution in [2.75, 3.05) is 20.7 Å². The lowest BCUT2D eigenvalue weighted by Gasteiger charge is -2.14. The summed E-state index contributed by atoms with van der Waals surface area (Å²) in [5, 5.41) is 3.97. The van der Waals surface area contributed by atoms with Crippen LogP contribution in [0.3, 0.4) is 0 Å². The molecule has 0 spiro atoms. The highest BCUT2D eigenvalue weighted by molar-refractivity contribution is 5.99. The summed E-state index contributed by atoms with van der Waals surface area (Å²) in [6, 6.07) is 10.9. The summed E-state index contributed by atoms with van der Waals surface area (Å²) in [5.41, 5.74) is 4.67. The maximum atomic E-state index is 12.9. The molecule has 152 valence electrons. The summed E-state index contributed by atoms with van der Waals surface area (Å²) in [5.74, 6) is 0.415. The maximum Gasteiger partial charge on any atom is 0.337 e. The first-order chi connectivity index (χ1) is 13.8. The van der Waals surface area contributed by atoms with E-state index in [2.05, 4.69) is 5.16 Å². The number of ether oxygens (including phenoxy) is 1. The lowest BCUT2D eigenvalue weighted by Crippen LogP contribution is -2.26. The molecular formula is C22H25N3O4. The molecule has 0 aliphatic rings. The van der Waals surface area contributed by atoms with Crippen LogP contribution in [-0.4, -0.2) is 47.1 Å². The monoisotopic (exact) mass is 395 g/mol. The number of esters is 1. The van der Waals surface area contributed by atoms with Crippen molar-refractivity contribution < 1.29 is 18.8 Å². The van der Waals surface area contributed by atoms with Gasteiger partial charge in [-0.05, 0) is 58.2 Å². The standard InChI is InChI=1S/C22H25N3O4/c1-14-10-20(21(26)13-24(4)12-18-11-15(2)29-23-18)16(3)25(14)19-8-6-17(7-9-19)22(27)28-5/h6-11H,12-13H2,1-5H3. The largest absolute Gasteiger partial charge is 0.465 e. The molecule has 3 rings (SSSR count). The number of likely N-dealkylation sites (N-methyl/N-ethyl adjacent to an activating group) is 1. The zero-order chi connectivity index (χ0) is 21.1. The number of benzene rings is 1.